The Bertz CT molecular complexity index is 577. The Labute approximate surface area is 142 Å². The van der Waals surface area contributed by atoms with E-state index in [0.29, 0.717) is 12.8 Å². The second kappa shape index (κ2) is 7.34. The third kappa shape index (κ3) is 3.61. The van der Waals surface area contributed by atoms with E-state index < -0.39 is 11.8 Å². The van der Waals surface area contributed by atoms with Gasteiger partial charge >= 0.3 is 11.9 Å². The zero-order valence-electron chi connectivity index (χ0n) is 14.0. The molecule has 2 aliphatic rings. The van der Waals surface area contributed by atoms with Crippen molar-refractivity contribution in [3.63, 3.8) is 0 Å². The first-order valence-corrected chi connectivity index (χ1v) is 8.56. The van der Waals surface area contributed by atoms with Gasteiger partial charge in [0, 0.05) is 6.61 Å². The molecule has 1 aliphatic heterocycles. The maximum atomic E-state index is 12.5. The summed E-state index contributed by atoms with van der Waals surface area (Å²) in [7, 11) is 1.37. The van der Waals surface area contributed by atoms with Gasteiger partial charge in [-0.15, -0.1) is 0 Å². The molecule has 1 heterocycles. The Kier molecular flexibility index (Phi) is 5.19. The van der Waals surface area contributed by atoms with Gasteiger partial charge in [0.25, 0.3) is 0 Å². The van der Waals surface area contributed by atoms with Crippen molar-refractivity contribution in [2.45, 2.75) is 44.3 Å². The summed E-state index contributed by atoms with van der Waals surface area (Å²) in [5.74, 6) is -1.59. The van der Waals surface area contributed by atoms with E-state index in [1.54, 1.807) is 0 Å². The van der Waals surface area contributed by atoms with Gasteiger partial charge in [-0.05, 0) is 37.7 Å². The standard InChI is InChI=1S/C19H24O5/c1-22-17(20)16-12-19(9-5-11-24-19)10-8-15(16)18(21)23-13-14-6-3-2-4-7-14/h2-4,6-7,15-16H,5,8-13H2,1H3. The fourth-order valence-corrected chi connectivity index (χ4v) is 3.90. The van der Waals surface area contributed by atoms with Crippen molar-refractivity contribution in [1.82, 2.24) is 0 Å². The number of hydrogen-bond donors (Lipinski definition) is 0. The predicted molar refractivity (Wildman–Crippen MR) is 87.0 cm³/mol. The average molecular weight is 332 g/mol. The van der Waals surface area contributed by atoms with Gasteiger partial charge in [0.05, 0.1) is 24.5 Å². The van der Waals surface area contributed by atoms with E-state index in [1.807, 2.05) is 30.3 Å². The first-order valence-electron chi connectivity index (χ1n) is 8.56. The van der Waals surface area contributed by atoms with E-state index in [-0.39, 0.29) is 24.1 Å². The highest BCUT2D eigenvalue weighted by atomic mass is 16.5. The fraction of sp³-hybridized carbons (Fsp3) is 0.579. The number of rotatable bonds is 4. The van der Waals surface area contributed by atoms with Crippen molar-refractivity contribution in [2.24, 2.45) is 11.8 Å². The molecule has 0 N–H and O–H groups in total. The molecule has 0 radical (unpaired) electrons. The summed E-state index contributed by atoms with van der Waals surface area (Å²) in [4.78, 5) is 24.7. The summed E-state index contributed by atoms with van der Waals surface area (Å²) < 4.78 is 16.3. The molecule has 5 nitrogen and oxygen atoms in total. The number of hydrogen-bond acceptors (Lipinski definition) is 5. The zero-order valence-corrected chi connectivity index (χ0v) is 14.0. The van der Waals surface area contributed by atoms with Crippen molar-refractivity contribution >= 4 is 11.9 Å². The van der Waals surface area contributed by atoms with Gasteiger partial charge in [0.2, 0.25) is 0 Å². The second-order valence-corrected chi connectivity index (χ2v) is 6.71. The maximum absolute atomic E-state index is 12.5. The van der Waals surface area contributed by atoms with Gasteiger partial charge in [-0.3, -0.25) is 9.59 Å². The Morgan fingerprint density at radius 2 is 1.96 bits per heavy atom. The quantitative estimate of drug-likeness (QED) is 0.794. The fourth-order valence-electron chi connectivity index (χ4n) is 3.90. The van der Waals surface area contributed by atoms with E-state index in [2.05, 4.69) is 0 Å². The van der Waals surface area contributed by atoms with Crippen LogP contribution in [0.25, 0.3) is 0 Å². The summed E-state index contributed by atoms with van der Waals surface area (Å²) in [6.45, 7) is 0.961. The van der Waals surface area contributed by atoms with Crippen LogP contribution < -0.4 is 0 Å². The third-order valence-corrected chi connectivity index (χ3v) is 5.20. The Morgan fingerprint density at radius 3 is 2.62 bits per heavy atom. The number of carbonyl (C=O) groups is 2. The highest BCUT2D eigenvalue weighted by Crippen LogP contribution is 2.45. The van der Waals surface area contributed by atoms with Gasteiger partial charge in [-0.2, -0.15) is 0 Å². The molecule has 24 heavy (non-hydrogen) atoms. The molecule has 1 aliphatic carbocycles. The van der Waals surface area contributed by atoms with Crippen LogP contribution in [-0.4, -0.2) is 31.3 Å². The summed E-state index contributed by atoms with van der Waals surface area (Å²) in [6, 6.07) is 9.55. The highest BCUT2D eigenvalue weighted by Gasteiger charge is 2.49. The van der Waals surface area contributed by atoms with Gasteiger partial charge in [-0.1, -0.05) is 30.3 Å². The Hall–Kier alpha value is -1.88. The molecule has 3 rings (SSSR count). The first kappa shape index (κ1) is 17.0. The molecule has 1 spiro atoms. The molecule has 0 aromatic heterocycles. The van der Waals surface area contributed by atoms with Crippen molar-refractivity contribution in [3.8, 4) is 0 Å². The number of carbonyl (C=O) groups excluding carboxylic acids is 2. The van der Waals surface area contributed by atoms with Crippen LogP contribution in [0.5, 0.6) is 0 Å². The number of ether oxygens (including phenoxy) is 3. The molecule has 3 unspecified atom stereocenters. The summed E-state index contributed by atoms with van der Waals surface area (Å²) in [5, 5.41) is 0. The lowest BCUT2D eigenvalue weighted by Crippen LogP contribution is -2.45. The van der Waals surface area contributed by atoms with Crippen LogP contribution in [0.4, 0.5) is 0 Å². The normalized spacial score (nSPS) is 29.4. The second-order valence-electron chi connectivity index (χ2n) is 6.71. The molecule has 5 heteroatoms. The summed E-state index contributed by atoms with van der Waals surface area (Å²) in [6.07, 6.45) is 3.91. The van der Waals surface area contributed by atoms with Crippen molar-refractivity contribution in [3.05, 3.63) is 35.9 Å². The van der Waals surface area contributed by atoms with Crippen molar-refractivity contribution < 1.29 is 23.8 Å². The summed E-state index contributed by atoms with van der Waals surface area (Å²) >= 11 is 0. The molecular formula is C19H24O5. The third-order valence-electron chi connectivity index (χ3n) is 5.20. The molecule has 130 valence electrons. The minimum atomic E-state index is -0.481. The largest absolute Gasteiger partial charge is 0.469 e. The molecule has 1 aromatic carbocycles. The van der Waals surface area contributed by atoms with E-state index in [1.165, 1.54) is 7.11 Å². The summed E-state index contributed by atoms with van der Waals surface area (Å²) in [5.41, 5.74) is 0.682. The lowest BCUT2D eigenvalue weighted by Gasteiger charge is -2.39. The molecular weight excluding hydrogens is 308 g/mol. The van der Waals surface area contributed by atoms with Crippen LogP contribution >= 0.6 is 0 Å². The van der Waals surface area contributed by atoms with Crippen LogP contribution in [-0.2, 0) is 30.4 Å². The van der Waals surface area contributed by atoms with E-state index in [9.17, 15) is 9.59 Å². The molecule has 1 saturated carbocycles. The number of benzene rings is 1. The lowest BCUT2D eigenvalue weighted by molar-refractivity contribution is -0.168. The smallest absolute Gasteiger partial charge is 0.310 e. The molecule has 0 amide bonds. The van der Waals surface area contributed by atoms with Crippen LogP contribution in [0.1, 0.15) is 37.7 Å². The average Bonchev–Trinajstić information content (AvgIpc) is 3.07. The molecule has 1 aromatic rings. The van der Waals surface area contributed by atoms with E-state index in [4.69, 9.17) is 14.2 Å². The Morgan fingerprint density at radius 1 is 1.17 bits per heavy atom. The lowest BCUT2D eigenvalue weighted by atomic mass is 9.70. The van der Waals surface area contributed by atoms with Gasteiger partial charge < -0.3 is 14.2 Å². The molecule has 2 fully saturated rings. The van der Waals surface area contributed by atoms with Gasteiger partial charge in [-0.25, -0.2) is 0 Å². The van der Waals surface area contributed by atoms with Crippen LogP contribution in [0.2, 0.25) is 0 Å². The van der Waals surface area contributed by atoms with E-state index in [0.717, 1.165) is 31.4 Å². The number of esters is 2. The van der Waals surface area contributed by atoms with Crippen molar-refractivity contribution in [1.29, 1.82) is 0 Å². The molecule has 0 bridgehead atoms. The first-order chi connectivity index (χ1) is 11.6. The van der Waals surface area contributed by atoms with Crippen LogP contribution in [0, 0.1) is 11.8 Å². The predicted octanol–water partition coefficient (Wildman–Crippen LogP) is 2.87. The molecule has 3 atom stereocenters. The number of methoxy groups -OCH3 is 1. The topological polar surface area (TPSA) is 61.8 Å². The monoisotopic (exact) mass is 332 g/mol. The van der Waals surface area contributed by atoms with Gasteiger partial charge in [0.15, 0.2) is 0 Å². The van der Waals surface area contributed by atoms with Gasteiger partial charge in [0.1, 0.15) is 6.61 Å². The van der Waals surface area contributed by atoms with Crippen molar-refractivity contribution in [2.75, 3.05) is 13.7 Å². The highest BCUT2D eigenvalue weighted by molar-refractivity contribution is 5.82. The zero-order chi connectivity index (χ0) is 17.0. The van der Waals surface area contributed by atoms with Crippen LogP contribution in [0.3, 0.4) is 0 Å². The SMILES string of the molecule is COC(=O)C1CC2(CCCO2)CCC1C(=O)OCc1ccccc1. The van der Waals surface area contributed by atoms with Crippen LogP contribution in [0.15, 0.2) is 30.3 Å². The molecule has 1 saturated heterocycles. The Balaban J connectivity index is 1.66. The minimum Gasteiger partial charge on any atom is -0.469 e. The van der Waals surface area contributed by atoms with E-state index >= 15 is 0 Å². The minimum absolute atomic E-state index is 0.228. The maximum Gasteiger partial charge on any atom is 0.310 e.